The fraction of sp³-hybridized carbons (Fsp3) is 0.167. The SMILES string of the molecule is CCOc1ccc(C(=O)Nc2ccccc2C(=O)NCCc2ccccc2)cc1Br. The van der Waals surface area contributed by atoms with Gasteiger partial charge in [0.1, 0.15) is 5.75 Å². The molecule has 2 N–H and O–H groups in total. The van der Waals surface area contributed by atoms with Crippen LogP contribution in [0.25, 0.3) is 0 Å². The fourth-order valence-electron chi connectivity index (χ4n) is 2.96. The third kappa shape index (κ3) is 5.70. The van der Waals surface area contributed by atoms with E-state index in [1.165, 1.54) is 0 Å². The Balaban J connectivity index is 1.66. The van der Waals surface area contributed by atoms with Crippen molar-refractivity contribution in [3.8, 4) is 5.75 Å². The second-order valence-corrected chi connectivity index (χ2v) is 7.42. The van der Waals surface area contributed by atoms with Gasteiger partial charge in [0.05, 0.1) is 22.3 Å². The van der Waals surface area contributed by atoms with Crippen LogP contribution in [0.5, 0.6) is 5.75 Å². The molecule has 0 aromatic heterocycles. The highest BCUT2D eigenvalue weighted by atomic mass is 79.9. The third-order valence-electron chi connectivity index (χ3n) is 4.46. The highest BCUT2D eigenvalue weighted by Crippen LogP contribution is 2.26. The van der Waals surface area contributed by atoms with Gasteiger partial charge in [-0.1, -0.05) is 42.5 Å². The Morgan fingerprint density at radius 3 is 2.40 bits per heavy atom. The molecule has 0 fully saturated rings. The van der Waals surface area contributed by atoms with Crippen molar-refractivity contribution in [1.29, 1.82) is 0 Å². The number of benzene rings is 3. The molecule has 5 nitrogen and oxygen atoms in total. The molecule has 0 saturated heterocycles. The van der Waals surface area contributed by atoms with Crippen molar-refractivity contribution in [2.75, 3.05) is 18.5 Å². The van der Waals surface area contributed by atoms with E-state index in [0.717, 1.165) is 12.0 Å². The molecule has 154 valence electrons. The fourth-order valence-corrected chi connectivity index (χ4v) is 3.45. The van der Waals surface area contributed by atoms with Crippen LogP contribution in [-0.2, 0) is 6.42 Å². The molecule has 0 spiro atoms. The third-order valence-corrected chi connectivity index (χ3v) is 5.08. The predicted octanol–water partition coefficient (Wildman–Crippen LogP) is 5.07. The summed E-state index contributed by atoms with van der Waals surface area (Å²) in [6.07, 6.45) is 0.737. The van der Waals surface area contributed by atoms with Crippen molar-refractivity contribution < 1.29 is 14.3 Å². The van der Waals surface area contributed by atoms with E-state index < -0.39 is 0 Å². The number of hydrogen-bond acceptors (Lipinski definition) is 3. The quantitative estimate of drug-likeness (QED) is 0.486. The molecule has 3 aromatic rings. The largest absolute Gasteiger partial charge is 0.493 e. The molecule has 0 heterocycles. The summed E-state index contributed by atoms with van der Waals surface area (Å²) in [4.78, 5) is 25.4. The molecule has 0 aliphatic rings. The molecule has 30 heavy (non-hydrogen) atoms. The molecular formula is C24H23BrN2O3. The number of anilines is 1. The van der Waals surface area contributed by atoms with E-state index in [4.69, 9.17) is 4.74 Å². The molecule has 0 unspecified atom stereocenters. The van der Waals surface area contributed by atoms with Crippen molar-refractivity contribution >= 4 is 33.4 Å². The minimum Gasteiger partial charge on any atom is -0.493 e. The monoisotopic (exact) mass is 466 g/mol. The zero-order valence-electron chi connectivity index (χ0n) is 16.7. The predicted molar refractivity (Wildman–Crippen MR) is 122 cm³/mol. The molecule has 0 atom stereocenters. The Hall–Kier alpha value is -3.12. The molecule has 3 rings (SSSR count). The van der Waals surface area contributed by atoms with Crippen LogP contribution in [0.4, 0.5) is 5.69 Å². The number of carbonyl (C=O) groups excluding carboxylic acids is 2. The highest BCUT2D eigenvalue weighted by Gasteiger charge is 2.15. The summed E-state index contributed by atoms with van der Waals surface area (Å²) in [5.74, 6) is 0.144. The maximum absolute atomic E-state index is 12.7. The Kier molecular flexibility index (Phi) is 7.63. The number of halogens is 1. The maximum atomic E-state index is 12.7. The van der Waals surface area contributed by atoms with E-state index in [9.17, 15) is 9.59 Å². The van der Waals surface area contributed by atoms with E-state index in [2.05, 4.69) is 26.6 Å². The summed E-state index contributed by atoms with van der Waals surface area (Å²) in [6.45, 7) is 2.95. The molecule has 0 bridgehead atoms. The number of ether oxygens (including phenoxy) is 1. The summed E-state index contributed by atoms with van der Waals surface area (Å²) in [5.41, 5.74) is 2.50. The standard InChI is InChI=1S/C24H23BrN2O3/c1-2-30-22-13-12-18(16-20(22)25)23(28)27-21-11-7-6-10-19(21)24(29)26-15-14-17-8-4-3-5-9-17/h3-13,16H,2,14-15H2,1H3,(H,26,29)(H,27,28). The van der Waals surface area contributed by atoms with Gasteiger partial charge in [-0.3, -0.25) is 9.59 Å². The van der Waals surface area contributed by atoms with Crippen molar-refractivity contribution in [2.45, 2.75) is 13.3 Å². The van der Waals surface area contributed by atoms with E-state index in [1.807, 2.05) is 37.3 Å². The Morgan fingerprint density at radius 2 is 1.67 bits per heavy atom. The summed E-state index contributed by atoms with van der Waals surface area (Å²) < 4.78 is 6.18. The van der Waals surface area contributed by atoms with Gasteiger partial charge in [0.2, 0.25) is 0 Å². The number of hydrogen-bond donors (Lipinski definition) is 2. The van der Waals surface area contributed by atoms with Crippen molar-refractivity contribution in [1.82, 2.24) is 5.32 Å². The first kappa shape index (κ1) is 21.6. The number of para-hydroxylation sites is 1. The van der Waals surface area contributed by atoms with Gasteiger partial charge in [-0.25, -0.2) is 0 Å². The molecule has 0 radical (unpaired) electrons. The lowest BCUT2D eigenvalue weighted by Gasteiger charge is -2.12. The first-order chi connectivity index (χ1) is 14.6. The van der Waals surface area contributed by atoms with Crippen LogP contribution in [-0.4, -0.2) is 25.0 Å². The number of amides is 2. The first-order valence-corrected chi connectivity index (χ1v) is 10.5. The first-order valence-electron chi connectivity index (χ1n) is 9.73. The van der Waals surface area contributed by atoms with Crippen molar-refractivity contribution in [2.24, 2.45) is 0 Å². The lowest BCUT2D eigenvalue weighted by molar-refractivity contribution is 0.0955. The van der Waals surface area contributed by atoms with Crippen LogP contribution in [0.15, 0.2) is 77.3 Å². The van der Waals surface area contributed by atoms with Gasteiger partial charge in [0, 0.05) is 12.1 Å². The van der Waals surface area contributed by atoms with Crippen molar-refractivity contribution in [3.05, 3.63) is 94.0 Å². The van der Waals surface area contributed by atoms with Gasteiger partial charge in [-0.15, -0.1) is 0 Å². The van der Waals surface area contributed by atoms with Crippen LogP contribution in [0.2, 0.25) is 0 Å². The van der Waals surface area contributed by atoms with Gasteiger partial charge in [0.15, 0.2) is 0 Å². The van der Waals surface area contributed by atoms with Gasteiger partial charge in [0.25, 0.3) is 11.8 Å². The average molecular weight is 467 g/mol. The minimum absolute atomic E-state index is 0.227. The summed E-state index contributed by atoms with van der Waals surface area (Å²) in [6, 6.07) is 22.0. The Bertz CT molecular complexity index is 1020. The van der Waals surface area contributed by atoms with Gasteiger partial charge < -0.3 is 15.4 Å². The van der Waals surface area contributed by atoms with Crippen molar-refractivity contribution in [3.63, 3.8) is 0 Å². The zero-order chi connectivity index (χ0) is 21.3. The van der Waals surface area contributed by atoms with Gasteiger partial charge in [-0.05, 0) is 65.2 Å². The normalized spacial score (nSPS) is 10.3. The van der Waals surface area contributed by atoms with Crippen LogP contribution in [0.1, 0.15) is 33.2 Å². The zero-order valence-corrected chi connectivity index (χ0v) is 18.2. The van der Waals surface area contributed by atoms with E-state index in [-0.39, 0.29) is 11.8 Å². The van der Waals surface area contributed by atoms with Crippen LogP contribution >= 0.6 is 15.9 Å². The lowest BCUT2D eigenvalue weighted by Crippen LogP contribution is -2.27. The minimum atomic E-state index is -0.303. The van der Waals surface area contributed by atoms with E-state index >= 15 is 0 Å². The average Bonchev–Trinajstić information content (AvgIpc) is 2.76. The van der Waals surface area contributed by atoms with Crippen LogP contribution in [0, 0.1) is 0 Å². The molecule has 3 aromatic carbocycles. The number of carbonyl (C=O) groups is 2. The molecule has 0 aliphatic heterocycles. The Labute approximate surface area is 184 Å². The second-order valence-electron chi connectivity index (χ2n) is 6.57. The van der Waals surface area contributed by atoms with E-state index in [0.29, 0.717) is 40.2 Å². The Morgan fingerprint density at radius 1 is 0.933 bits per heavy atom. The molecular weight excluding hydrogens is 444 g/mol. The van der Waals surface area contributed by atoms with Crippen LogP contribution in [0.3, 0.4) is 0 Å². The summed E-state index contributed by atoms with van der Waals surface area (Å²) >= 11 is 3.42. The number of nitrogens with one attached hydrogen (secondary N) is 2. The smallest absolute Gasteiger partial charge is 0.255 e. The second kappa shape index (κ2) is 10.6. The van der Waals surface area contributed by atoms with Gasteiger partial charge in [-0.2, -0.15) is 0 Å². The molecule has 0 saturated carbocycles. The highest BCUT2D eigenvalue weighted by molar-refractivity contribution is 9.10. The topological polar surface area (TPSA) is 67.4 Å². The molecule has 2 amide bonds. The number of rotatable bonds is 8. The molecule has 0 aliphatic carbocycles. The van der Waals surface area contributed by atoms with E-state index in [1.54, 1.807) is 42.5 Å². The van der Waals surface area contributed by atoms with Gasteiger partial charge >= 0.3 is 0 Å². The van der Waals surface area contributed by atoms with Crippen LogP contribution < -0.4 is 15.4 Å². The summed E-state index contributed by atoms with van der Waals surface area (Å²) in [5, 5.41) is 5.75. The molecule has 6 heteroatoms. The summed E-state index contributed by atoms with van der Waals surface area (Å²) in [7, 11) is 0. The maximum Gasteiger partial charge on any atom is 0.255 e. The lowest BCUT2D eigenvalue weighted by atomic mass is 10.1.